The Balaban J connectivity index is 1.91. The highest BCUT2D eigenvalue weighted by atomic mass is 16.5. The Morgan fingerprint density at radius 3 is 2.33 bits per heavy atom. The second-order valence-corrected chi connectivity index (χ2v) is 7.71. The number of benzene rings is 2. The molecule has 6 nitrogen and oxygen atoms in total. The average Bonchev–Trinajstić information content (AvgIpc) is 3.06. The number of fused-ring (bicyclic) bond motifs is 2. The SMILES string of the molecule is CC[C@@H](C)COC(=O)c1c(N)n([C@@H](C)c2ccccc2)c2nc3ccccc3nc12. The Morgan fingerprint density at radius 1 is 1.03 bits per heavy atom. The summed E-state index contributed by atoms with van der Waals surface area (Å²) >= 11 is 0. The lowest BCUT2D eigenvalue weighted by Gasteiger charge is -2.17. The van der Waals surface area contributed by atoms with Crippen LogP contribution in [0.5, 0.6) is 0 Å². The number of carbonyl (C=O) groups excluding carboxylic acids is 1. The molecule has 0 radical (unpaired) electrons. The van der Waals surface area contributed by atoms with Crippen LogP contribution < -0.4 is 5.73 Å². The molecule has 2 atom stereocenters. The number of nitrogens with zero attached hydrogens (tertiary/aromatic N) is 3. The molecule has 0 aliphatic carbocycles. The molecule has 0 fully saturated rings. The molecule has 0 aliphatic heterocycles. The van der Waals surface area contributed by atoms with E-state index in [1.165, 1.54) is 0 Å². The first-order valence-corrected chi connectivity index (χ1v) is 10.3. The van der Waals surface area contributed by atoms with Crippen LogP contribution in [-0.2, 0) is 4.74 Å². The summed E-state index contributed by atoms with van der Waals surface area (Å²) < 4.78 is 7.46. The largest absolute Gasteiger partial charge is 0.462 e. The summed E-state index contributed by atoms with van der Waals surface area (Å²) in [7, 11) is 0. The first-order chi connectivity index (χ1) is 14.5. The maximum atomic E-state index is 13.0. The number of ether oxygens (including phenoxy) is 1. The normalized spacial score (nSPS) is 13.4. The molecular formula is C24H26N4O2. The molecule has 2 aromatic carbocycles. The summed E-state index contributed by atoms with van der Waals surface area (Å²) in [5.74, 6) is 0.144. The van der Waals surface area contributed by atoms with Crippen LogP contribution in [0.25, 0.3) is 22.2 Å². The van der Waals surface area contributed by atoms with Crippen molar-refractivity contribution < 1.29 is 9.53 Å². The van der Waals surface area contributed by atoms with Gasteiger partial charge in [0, 0.05) is 0 Å². The van der Waals surface area contributed by atoms with Crippen molar-refractivity contribution in [3.63, 3.8) is 0 Å². The molecule has 0 spiro atoms. The maximum Gasteiger partial charge on any atom is 0.344 e. The third-order valence-electron chi connectivity index (χ3n) is 5.60. The van der Waals surface area contributed by atoms with Gasteiger partial charge in [0.2, 0.25) is 0 Å². The average molecular weight is 402 g/mol. The topological polar surface area (TPSA) is 83.0 Å². The van der Waals surface area contributed by atoms with Crippen molar-refractivity contribution in [2.45, 2.75) is 33.2 Å². The molecule has 30 heavy (non-hydrogen) atoms. The van der Waals surface area contributed by atoms with Crippen LogP contribution in [0.15, 0.2) is 54.6 Å². The molecule has 0 unspecified atom stereocenters. The third kappa shape index (κ3) is 3.49. The van der Waals surface area contributed by atoms with E-state index in [2.05, 4.69) is 6.92 Å². The molecule has 4 rings (SSSR count). The van der Waals surface area contributed by atoms with Crippen LogP contribution in [0.2, 0.25) is 0 Å². The van der Waals surface area contributed by atoms with Crippen LogP contribution in [0.4, 0.5) is 5.82 Å². The van der Waals surface area contributed by atoms with Gasteiger partial charge in [-0.15, -0.1) is 0 Å². The first-order valence-electron chi connectivity index (χ1n) is 10.3. The van der Waals surface area contributed by atoms with E-state index in [1.807, 2.05) is 73.0 Å². The minimum absolute atomic E-state index is 0.125. The van der Waals surface area contributed by atoms with Gasteiger partial charge in [-0.3, -0.25) is 0 Å². The number of nitrogen functional groups attached to an aromatic ring is 1. The number of aromatic nitrogens is 3. The van der Waals surface area contributed by atoms with Gasteiger partial charge in [-0.1, -0.05) is 62.7 Å². The Hall–Kier alpha value is -3.41. The van der Waals surface area contributed by atoms with Gasteiger partial charge < -0.3 is 15.0 Å². The molecule has 6 heteroatoms. The second-order valence-electron chi connectivity index (χ2n) is 7.71. The van der Waals surface area contributed by atoms with E-state index in [-0.39, 0.29) is 17.5 Å². The molecule has 0 amide bonds. The Labute approximate surface area is 175 Å². The van der Waals surface area contributed by atoms with Crippen molar-refractivity contribution in [2.75, 3.05) is 12.3 Å². The van der Waals surface area contributed by atoms with Gasteiger partial charge >= 0.3 is 5.97 Å². The lowest BCUT2D eigenvalue weighted by Crippen LogP contribution is -2.15. The fraction of sp³-hybridized carbons (Fsp3) is 0.292. The standard InChI is InChI=1S/C24H26N4O2/c1-4-15(2)14-30-24(29)20-21-23(27-19-13-9-8-12-18(19)26-21)28(22(20)25)16(3)17-10-6-5-7-11-17/h5-13,15-16H,4,14,25H2,1-3H3/t15-,16+/m1/s1. The van der Waals surface area contributed by atoms with Crippen LogP contribution in [0, 0.1) is 5.92 Å². The van der Waals surface area contributed by atoms with Crippen molar-refractivity contribution >= 4 is 34.0 Å². The molecular weight excluding hydrogens is 376 g/mol. The van der Waals surface area contributed by atoms with Crippen molar-refractivity contribution in [3.8, 4) is 0 Å². The molecule has 0 saturated heterocycles. The van der Waals surface area contributed by atoms with Crippen LogP contribution in [-0.4, -0.2) is 27.1 Å². The zero-order chi connectivity index (χ0) is 21.3. The Bertz CT molecular complexity index is 1200. The van der Waals surface area contributed by atoms with Crippen molar-refractivity contribution in [2.24, 2.45) is 5.92 Å². The van der Waals surface area contributed by atoms with Crippen molar-refractivity contribution in [3.05, 3.63) is 65.7 Å². The van der Waals surface area contributed by atoms with Gasteiger partial charge in [0.05, 0.1) is 23.7 Å². The summed E-state index contributed by atoms with van der Waals surface area (Å²) in [4.78, 5) is 22.6. The smallest absolute Gasteiger partial charge is 0.344 e. The predicted molar refractivity (Wildman–Crippen MR) is 119 cm³/mol. The zero-order valence-corrected chi connectivity index (χ0v) is 17.5. The minimum Gasteiger partial charge on any atom is -0.462 e. The number of nitrogens with two attached hydrogens (primary N) is 1. The van der Waals surface area contributed by atoms with Gasteiger partial charge in [0.15, 0.2) is 5.65 Å². The third-order valence-corrected chi connectivity index (χ3v) is 5.60. The van der Waals surface area contributed by atoms with Gasteiger partial charge in [-0.05, 0) is 30.5 Å². The monoisotopic (exact) mass is 402 g/mol. The maximum absolute atomic E-state index is 13.0. The van der Waals surface area contributed by atoms with Gasteiger partial charge in [0.1, 0.15) is 16.9 Å². The second kappa shape index (κ2) is 8.14. The quantitative estimate of drug-likeness (QED) is 0.460. The summed E-state index contributed by atoms with van der Waals surface area (Å²) in [5, 5.41) is 0. The fourth-order valence-corrected chi connectivity index (χ4v) is 3.56. The van der Waals surface area contributed by atoms with E-state index in [1.54, 1.807) is 0 Å². The molecule has 0 saturated carbocycles. The lowest BCUT2D eigenvalue weighted by atomic mass is 10.1. The summed E-state index contributed by atoms with van der Waals surface area (Å²) in [6.45, 7) is 6.50. The molecule has 0 aliphatic rings. The molecule has 0 bridgehead atoms. The van der Waals surface area contributed by atoms with E-state index in [9.17, 15) is 4.79 Å². The molecule has 2 aromatic heterocycles. The van der Waals surface area contributed by atoms with Crippen LogP contribution >= 0.6 is 0 Å². The number of carbonyl (C=O) groups is 1. The molecule has 2 N–H and O–H groups in total. The van der Waals surface area contributed by atoms with Crippen LogP contribution in [0.3, 0.4) is 0 Å². The zero-order valence-electron chi connectivity index (χ0n) is 17.5. The number of hydrogen-bond donors (Lipinski definition) is 1. The Kier molecular flexibility index (Phi) is 5.40. The number of hydrogen-bond acceptors (Lipinski definition) is 5. The van der Waals surface area contributed by atoms with Gasteiger partial charge in [-0.25, -0.2) is 14.8 Å². The van der Waals surface area contributed by atoms with E-state index in [4.69, 9.17) is 20.4 Å². The van der Waals surface area contributed by atoms with Gasteiger partial charge in [-0.2, -0.15) is 0 Å². The lowest BCUT2D eigenvalue weighted by molar-refractivity contribution is 0.0450. The Morgan fingerprint density at radius 2 is 1.67 bits per heavy atom. The van der Waals surface area contributed by atoms with E-state index in [0.717, 1.165) is 17.5 Å². The summed E-state index contributed by atoms with van der Waals surface area (Å²) in [6, 6.07) is 17.5. The summed E-state index contributed by atoms with van der Waals surface area (Å²) in [5.41, 5.74) is 10.4. The minimum atomic E-state index is -0.457. The summed E-state index contributed by atoms with van der Waals surface area (Å²) in [6.07, 6.45) is 0.931. The highest BCUT2D eigenvalue weighted by Crippen LogP contribution is 2.33. The van der Waals surface area contributed by atoms with Crippen molar-refractivity contribution in [1.29, 1.82) is 0 Å². The van der Waals surface area contributed by atoms with E-state index < -0.39 is 5.97 Å². The molecule has 4 aromatic rings. The number of para-hydroxylation sites is 2. The number of esters is 1. The number of rotatable bonds is 6. The van der Waals surface area contributed by atoms with Gasteiger partial charge in [0.25, 0.3) is 0 Å². The van der Waals surface area contributed by atoms with Crippen molar-refractivity contribution in [1.82, 2.24) is 14.5 Å². The van der Waals surface area contributed by atoms with E-state index >= 15 is 0 Å². The highest BCUT2D eigenvalue weighted by Gasteiger charge is 2.28. The predicted octanol–water partition coefficient (Wildman–Crippen LogP) is 4.98. The highest BCUT2D eigenvalue weighted by molar-refractivity contribution is 6.08. The molecule has 2 heterocycles. The van der Waals surface area contributed by atoms with Crippen LogP contribution in [0.1, 0.15) is 49.2 Å². The first kappa shape index (κ1) is 19.9. The van der Waals surface area contributed by atoms with E-state index in [0.29, 0.717) is 29.1 Å². The fourth-order valence-electron chi connectivity index (χ4n) is 3.56. The number of anilines is 1. The molecule has 154 valence electrons.